The third-order valence-corrected chi connectivity index (χ3v) is 3.48. The molecule has 1 aromatic heterocycles. The zero-order valence-electron chi connectivity index (χ0n) is 11.7. The Morgan fingerprint density at radius 1 is 1.33 bits per heavy atom. The lowest BCUT2D eigenvalue weighted by atomic mass is 9.86. The predicted octanol–water partition coefficient (Wildman–Crippen LogP) is 1.07. The van der Waals surface area contributed by atoms with E-state index in [0.29, 0.717) is 26.2 Å². The lowest BCUT2D eigenvalue weighted by Gasteiger charge is -2.26. The van der Waals surface area contributed by atoms with E-state index in [1.165, 1.54) is 0 Å². The van der Waals surface area contributed by atoms with Gasteiger partial charge in [0.2, 0.25) is 5.89 Å². The van der Waals surface area contributed by atoms with Crippen molar-refractivity contribution in [3.8, 4) is 0 Å². The molecule has 0 aliphatic carbocycles. The molecule has 0 radical (unpaired) electrons. The normalized spacial score (nSPS) is 22.9. The first-order chi connectivity index (χ1) is 9.99. The second-order valence-corrected chi connectivity index (χ2v) is 4.88. The van der Waals surface area contributed by atoms with Crippen molar-refractivity contribution in [3.05, 3.63) is 11.7 Å². The van der Waals surface area contributed by atoms with E-state index in [2.05, 4.69) is 15.5 Å². The summed E-state index contributed by atoms with van der Waals surface area (Å²) in [6.07, 6.45) is -4.22. The fourth-order valence-corrected chi connectivity index (χ4v) is 2.20. The maximum Gasteiger partial charge on any atom is 0.404 e. The Hall–Kier alpha value is -1.19. The first-order valence-corrected chi connectivity index (χ1v) is 6.67. The van der Waals surface area contributed by atoms with Crippen LogP contribution in [0.1, 0.15) is 18.1 Å². The summed E-state index contributed by atoms with van der Waals surface area (Å²) in [7, 11) is 1.56. The van der Waals surface area contributed by atoms with Gasteiger partial charge in [-0.25, -0.2) is 0 Å². The Labute approximate surface area is 120 Å². The van der Waals surface area contributed by atoms with E-state index in [1.807, 2.05) is 0 Å². The Morgan fingerprint density at radius 2 is 2.14 bits per heavy atom. The van der Waals surface area contributed by atoms with Crippen LogP contribution in [0, 0.1) is 0 Å². The number of ether oxygens (including phenoxy) is 2. The highest BCUT2D eigenvalue weighted by Crippen LogP contribution is 2.44. The molecule has 120 valence electrons. The van der Waals surface area contributed by atoms with Crippen LogP contribution in [0.15, 0.2) is 4.52 Å². The van der Waals surface area contributed by atoms with Gasteiger partial charge in [0.15, 0.2) is 11.2 Å². The van der Waals surface area contributed by atoms with Crippen LogP contribution in [-0.2, 0) is 21.3 Å². The molecule has 2 heterocycles. The zero-order valence-corrected chi connectivity index (χ0v) is 11.7. The van der Waals surface area contributed by atoms with E-state index in [4.69, 9.17) is 14.0 Å². The van der Waals surface area contributed by atoms with Crippen molar-refractivity contribution in [2.45, 2.75) is 24.4 Å². The quantitative estimate of drug-likeness (QED) is 0.760. The molecule has 1 atom stereocenters. The van der Waals surface area contributed by atoms with Crippen LogP contribution in [0.25, 0.3) is 0 Å². The lowest BCUT2D eigenvalue weighted by molar-refractivity contribution is -0.191. The predicted molar refractivity (Wildman–Crippen MR) is 65.9 cm³/mol. The van der Waals surface area contributed by atoms with Crippen LogP contribution in [0.2, 0.25) is 0 Å². The monoisotopic (exact) mass is 309 g/mol. The van der Waals surface area contributed by atoms with Gasteiger partial charge in [0.25, 0.3) is 0 Å². The van der Waals surface area contributed by atoms with Gasteiger partial charge in [0.05, 0.1) is 19.8 Å². The van der Waals surface area contributed by atoms with Crippen molar-refractivity contribution in [1.29, 1.82) is 0 Å². The number of halogens is 3. The summed E-state index contributed by atoms with van der Waals surface area (Å²) in [6.45, 7) is 1.22. The second kappa shape index (κ2) is 6.71. The molecular weight excluding hydrogens is 291 g/mol. The average Bonchev–Trinajstić information content (AvgIpc) is 3.07. The standard InChI is InChI=1S/C12H18F3N3O3/c1-19-6-7-20-5-2-9-17-10(21-18-9)11(12(13,14)15)3-4-16-8-11/h16H,2-8H2,1H3. The van der Waals surface area contributed by atoms with Crippen LogP contribution in [0.5, 0.6) is 0 Å². The van der Waals surface area contributed by atoms with Crippen LogP contribution < -0.4 is 5.32 Å². The molecule has 21 heavy (non-hydrogen) atoms. The topological polar surface area (TPSA) is 69.4 Å². The van der Waals surface area contributed by atoms with Crippen molar-refractivity contribution in [1.82, 2.24) is 15.5 Å². The summed E-state index contributed by atoms with van der Waals surface area (Å²) in [5, 5.41) is 6.32. The number of rotatable bonds is 7. The first-order valence-electron chi connectivity index (χ1n) is 6.67. The fraction of sp³-hybridized carbons (Fsp3) is 0.833. The van der Waals surface area contributed by atoms with Crippen molar-refractivity contribution in [2.75, 3.05) is 40.0 Å². The summed E-state index contributed by atoms with van der Waals surface area (Å²) >= 11 is 0. The van der Waals surface area contributed by atoms with Crippen molar-refractivity contribution < 1.29 is 27.2 Å². The van der Waals surface area contributed by atoms with Crippen LogP contribution in [-0.4, -0.2) is 56.3 Å². The summed E-state index contributed by atoms with van der Waals surface area (Å²) < 4.78 is 54.8. The van der Waals surface area contributed by atoms with Crippen LogP contribution in [0.4, 0.5) is 13.2 Å². The zero-order chi connectivity index (χ0) is 15.3. The highest BCUT2D eigenvalue weighted by atomic mass is 19.4. The number of alkyl halides is 3. The number of hydrogen-bond acceptors (Lipinski definition) is 6. The van der Waals surface area contributed by atoms with Gasteiger partial charge < -0.3 is 19.3 Å². The van der Waals surface area contributed by atoms with E-state index in [-0.39, 0.29) is 31.2 Å². The Balaban J connectivity index is 1.98. The maximum atomic E-state index is 13.3. The molecule has 1 fully saturated rings. The van der Waals surface area contributed by atoms with Gasteiger partial charge >= 0.3 is 6.18 Å². The Morgan fingerprint density at radius 3 is 2.76 bits per heavy atom. The SMILES string of the molecule is COCCOCCc1noc(C2(C(F)(F)F)CCNC2)n1. The molecule has 0 bridgehead atoms. The van der Waals surface area contributed by atoms with Crippen molar-refractivity contribution in [3.63, 3.8) is 0 Å². The molecule has 1 unspecified atom stereocenters. The molecule has 2 rings (SSSR count). The number of hydrogen-bond donors (Lipinski definition) is 1. The number of aromatic nitrogens is 2. The minimum Gasteiger partial charge on any atom is -0.382 e. The van der Waals surface area contributed by atoms with Crippen molar-refractivity contribution in [2.24, 2.45) is 0 Å². The van der Waals surface area contributed by atoms with Gasteiger partial charge in [-0.15, -0.1) is 0 Å². The van der Waals surface area contributed by atoms with Gasteiger partial charge in [-0.3, -0.25) is 0 Å². The average molecular weight is 309 g/mol. The van der Waals surface area contributed by atoms with Crippen LogP contribution >= 0.6 is 0 Å². The molecule has 1 N–H and O–H groups in total. The molecule has 1 aliphatic heterocycles. The summed E-state index contributed by atoms with van der Waals surface area (Å²) in [5.41, 5.74) is -2.07. The molecule has 1 aliphatic rings. The summed E-state index contributed by atoms with van der Waals surface area (Å²) in [6, 6.07) is 0. The third-order valence-electron chi connectivity index (χ3n) is 3.48. The van der Waals surface area contributed by atoms with Gasteiger partial charge in [-0.1, -0.05) is 5.16 Å². The third kappa shape index (κ3) is 3.53. The minimum absolute atomic E-state index is 0.0948. The summed E-state index contributed by atoms with van der Waals surface area (Å²) in [5.74, 6) is -0.148. The smallest absolute Gasteiger partial charge is 0.382 e. The molecule has 0 spiro atoms. The number of nitrogens with one attached hydrogen (secondary N) is 1. The molecule has 1 aromatic rings. The van der Waals surface area contributed by atoms with Crippen molar-refractivity contribution >= 4 is 0 Å². The van der Waals surface area contributed by atoms with E-state index in [9.17, 15) is 13.2 Å². The molecular formula is C12H18F3N3O3. The second-order valence-electron chi connectivity index (χ2n) is 4.88. The number of methoxy groups -OCH3 is 1. The maximum absolute atomic E-state index is 13.3. The first kappa shape index (κ1) is 16.2. The number of nitrogens with zero attached hydrogens (tertiary/aromatic N) is 2. The molecule has 0 aromatic carbocycles. The highest BCUT2D eigenvalue weighted by Gasteiger charge is 2.61. The van der Waals surface area contributed by atoms with Gasteiger partial charge in [0, 0.05) is 20.1 Å². The summed E-state index contributed by atoms with van der Waals surface area (Å²) in [4.78, 5) is 3.90. The van der Waals surface area contributed by atoms with E-state index in [0.717, 1.165) is 0 Å². The molecule has 9 heteroatoms. The molecule has 0 amide bonds. The Bertz CT molecular complexity index is 444. The highest BCUT2D eigenvalue weighted by molar-refractivity contribution is 5.14. The largest absolute Gasteiger partial charge is 0.404 e. The molecule has 1 saturated heterocycles. The van der Waals surface area contributed by atoms with Gasteiger partial charge in [-0.2, -0.15) is 18.2 Å². The molecule has 0 saturated carbocycles. The minimum atomic E-state index is -4.42. The van der Waals surface area contributed by atoms with E-state index < -0.39 is 11.6 Å². The van der Waals surface area contributed by atoms with E-state index >= 15 is 0 Å². The van der Waals surface area contributed by atoms with Gasteiger partial charge in [-0.05, 0) is 13.0 Å². The lowest BCUT2D eigenvalue weighted by Crippen LogP contribution is -2.44. The van der Waals surface area contributed by atoms with Crippen LogP contribution in [0.3, 0.4) is 0 Å². The fourth-order valence-electron chi connectivity index (χ4n) is 2.20. The molecule has 6 nitrogen and oxygen atoms in total. The Kier molecular flexibility index (Phi) is 5.17. The van der Waals surface area contributed by atoms with E-state index in [1.54, 1.807) is 7.11 Å². The van der Waals surface area contributed by atoms with Gasteiger partial charge in [0.1, 0.15) is 0 Å².